The van der Waals surface area contributed by atoms with Crippen LogP contribution in [0.4, 0.5) is 0 Å². The zero-order chi connectivity index (χ0) is 13.8. The summed E-state index contributed by atoms with van der Waals surface area (Å²) in [4.78, 5) is 0.164. The number of oxime groups is 1. The number of amidine groups is 1. The molecule has 1 aromatic carbocycles. The van der Waals surface area contributed by atoms with Crippen LogP contribution < -0.4 is 10.5 Å². The Hall–Kier alpha value is -1.12. The van der Waals surface area contributed by atoms with Crippen LogP contribution in [0.2, 0.25) is 0 Å². The molecule has 0 aliphatic heterocycles. The minimum Gasteiger partial charge on any atom is -0.409 e. The molecule has 0 radical (unpaired) electrons. The van der Waals surface area contributed by atoms with E-state index >= 15 is 0 Å². The maximum Gasteiger partial charge on any atom is 0.240 e. The predicted octanol–water partition coefficient (Wildman–Crippen LogP) is 1.25. The third-order valence-electron chi connectivity index (χ3n) is 2.12. The number of hydrogen-bond acceptors (Lipinski definition) is 4. The predicted molar refractivity (Wildman–Crippen MR) is 72.0 cm³/mol. The van der Waals surface area contributed by atoms with Gasteiger partial charge >= 0.3 is 0 Å². The fourth-order valence-corrected chi connectivity index (χ4v) is 2.85. The molecule has 0 fully saturated rings. The van der Waals surface area contributed by atoms with E-state index < -0.39 is 16.1 Å². The Morgan fingerprint density at radius 1 is 1.50 bits per heavy atom. The minimum atomic E-state index is -3.59. The molecule has 0 saturated heterocycles. The number of benzene rings is 1. The Labute approximate surface area is 114 Å². The highest BCUT2D eigenvalue weighted by Gasteiger charge is 2.17. The van der Waals surface area contributed by atoms with Crippen molar-refractivity contribution >= 4 is 31.8 Å². The average Bonchev–Trinajstić information content (AvgIpc) is 2.28. The maximum atomic E-state index is 12.0. The van der Waals surface area contributed by atoms with Gasteiger partial charge in [-0.3, -0.25) is 0 Å². The first kappa shape index (κ1) is 14.9. The van der Waals surface area contributed by atoms with E-state index in [9.17, 15) is 8.42 Å². The van der Waals surface area contributed by atoms with Gasteiger partial charge in [-0.05, 0) is 31.2 Å². The van der Waals surface area contributed by atoms with E-state index in [0.717, 1.165) is 4.47 Å². The molecule has 1 aromatic rings. The fourth-order valence-electron chi connectivity index (χ4n) is 1.34. The molecule has 0 aliphatic rings. The molecule has 0 heterocycles. The Balaban J connectivity index is 2.79. The summed E-state index contributed by atoms with van der Waals surface area (Å²) in [7, 11) is -3.59. The molecule has 0 bridgehead atoms. The van der Waals surface area contributed by atoms with Gasteiger partial charge in [-0.25, -0.2) is 13.1 Å². The van der Waals surface area contributed by atoms with Crippen LogP contribution >= 0.6 is 15.9 Å². The van der Waals surface area contributed by atoms with Gasteiger partial charge in [0.05, 0.1) is 4.90 Å². The number of hydrogen-bond donors (Lipinski definition) is 3. The van der Waals surface area contributed by atoms with E-state index in [1.165, 1.54) is 12.1 Å². The van der Waals surface area contributed by atoms with Crippen LogP contribution in [0.15, 0.2) is 38.8 Å². The molecule has 0 aromatic heterocycles. The molecule has 6 nitrogen and oxygen atoms in total. The van der Waals surface area contributed by atoms with Gasteiger partial charge in [0, 0.05) is 16.9 Å². The second-order valence-corrected chi connectivity index (χ2v) is 6.40. The second-order valence-electron chi connectivity index (χ2n) is 3.77. The summed E-state index contributed by atoms with van der Waals surface area (Å²) in [5.74, 6) is -0.0268. The zero-order valence-corrected chi connectivity index (χ0v) is 12.1. The van der Waals surface area contributed by atoms with Crippen molar-refractivity contribution in [2.45, 2.75) is 24.3 Å². The van der Waals surface area contributed by atoms with Gasteiger partial charge in [0.25, 0.3) is 0 Å². The number of nitrogens with one attached hydrogen (secondary N) is 1. The summed E-state index contributed by atoms with van der Waals surface area (Å²) in [6.07, 6.45) is 0.131. The van der Waals surface area contributed by atoms with Gasteiger partial charge in [0.15, 0.2) is 0 Å². The zero-order valence-electron chi connectivity index (χ0n) is 9.67. The number of nitrogens with zero attached hydrogens (tertiary/aromatic N) is 1. The van der Waals surface area contributed by atoms with Gasteiger partial charge in [-0.1, -0.05) is 21.1 Å². The molecule has 100 valence electrons. The molecule has 4 N–H and O–H groups in total. The van der Waals surface area contributed by atoms with Crippen molar-refractivity contribution < 1.29 is 13.6 Å². The number of sulfonamides is 1. The van der Waals surface area contributed by atoms with Crippen molar-refractivity contribution in [3.8, 4) is 0 Å². The van der Waals surface area contributed by atoms with Crippen molar-refractivity contribution in [1.82, 2.24) is 4.72 Å². The molecule has 18 heavy (non-hydrogen) atoms. The highest BCUT2D eigenvalue weighted by atomic mass is 79.9. The summed E-state index contributed by atoms with van der Waals surface area (Å²) < 4.78 is 27.1. The van der Waals surface area contributed by atoms with Gasteiger partial charge in [-0.2, -0.15) is 0 Å². The standard InChI is InChI=1S/C10H14BrN3O3S/c1-7(6-10(12)13-15)14-18(16,17)9-4-2-8(11)3-5-9/h2-5,7,14-15H,6H2,1H3,(H2,12,13). The van der Waals surface area contributed by atoms with Crippen LogP contribution in [-0.4, -0.2) is 25.5 Å². The lowest BCUT2D eigenvalue weighted by atomic mass is 10.2. The van der Waals surface area contributed by atoms with Crippen LogP contribution in [0, 0.1) is 0 Å². The van der Waals surface area contributed by atoms with Gasteiger partial charge < -0.3 is 10.9 Å². The molecule has 0 aliphatic carbocycles. The highest BCUT2D eigenvalue weighted by molar-refractivity contribution is 9.10. The first-order valence-corrected chi connectivity index (χ1v) is 7.37. The van der Waals surface area contributed by atoms with E-state index in [4.69, 9.17) is 10.9 Å². The van der Waals surface area contributed by atoms with Gasteiger partial charge in [0.2, 0.25) is 10.0 Å². The van der Waals surface area contributed by atoms with E-state index in [1.807, 2.05) is 0 Å². The number of rotatable bonds is 5. The fraction of sp³-hybridized carbons (Fsp3) is 0.300. The van der Waals surface area contributed by atoms with Crippen molar-refractivity contribution in [1.29, 1.82) is 0 Å². The van der Waals surface area contributed by atoms with Crippen LogP contribution in [0.25, 0.3) is 0 Å². The van der Waals surface area contributed by atoms with Crippen molar-refractivity contribution in [2.75, 3.05) is 0 Å². The quantitative estimate of drug-likeness (QED) is 0.326. The SMILES string of the molecule is CC(CC(N)=NO)NS(=O)(=O)c1ccc(Br)cc1. The lowest BCUT2D eigenvalue weighted by Crippen LogP contribution is -2.35. The maximum absolute atomic E-state index is 12.0. The molecular weight excluding hydrogens is 322 g/mol. The number of nitrogens with two attached hydrogens (primary N) is 1. The monoisotopic (exact) mass is 335 g/mol. The van der Waals surface area contributed by atoms with Crippen LogP contribution in [0.3, 0.4) is 0 Å². The van der Waals surface area contributed by atoms with E-state index in [-0.39, 0.29) is 17.2 Å². The molecule has 8 heteroatoms. The topological polar surface area (TPSA) is 105 Å². The summed E-state index contributed by atoms with van der Waals surface area (Å²) in [6, 6.07) is 5.80. The summed E-state index contributed by atoms with van der Waals surface area (Å²) in [5, 5.41) is 11.2. The first-order chi connectivity index (χ1) is 8.35. The normalized spacial score (nSPS) is 14.4. The molecule has 0 amide bonds. The Kier molecular flexibility index (Phi) is 5.12. The summed E-state index contributed by atoms with van der Waals surface area (Å²) in [6.45, 7) is 1.63. The lowest BCUT2D eigenvalue weighted by molar-refractivity contribution is 0.316. The molecule has 1 atom stereocenters. The summed E-state index contributed by atoms with van der Waals surface area (Å²) in [5.41, 5.74) is 5.31. The third kappa shape index (κ3) is 4.28. The van der Waals surface area contributed by atoms with Gasteiger partial charge in [-0.15, -0.1) is 0 Å². The van der Waals surface area contributed by atoms with Crippen LogP contribution in [0.5, 0.6) is 0 Å². The molecular formula is C10H14BrN3O3S. The van der Waals surface area contributed by atoms with E-state index in [2.05, 4.69) is 25.8 Å². The van der Waals surface area contributed by atoms with Crippen LogP contribution in [-0.2, 0) is 10.0 Å². The molecule has 1 rings (SSSR count). The van der Waals surface area contributed by atoms with E-state index in [1.54, 1.807) is 19.1 Å². The highest BCUT2D eigenvalue weighted by Crippen LogP contribution is 2.15. The summed E-state index contributed by atoms with van der Waals surface area (Å²) >= 11 is 3.23. The van der Waals surface area contributed by atoms with Gasteiger partial charge in [0.1, 0.15) is 5.84 Å². The third-order valence-corrected chi connectivity index (χ3v) is 4.26. The molecule has 0 spiro atoms. The van der Waals surface area contributed by atoms with Crippen molar-refractivity contribution in [3.63, 3.8) is 0 Å². The Morgan fingerprint density at radius 2 is 2.06 bits per heavy atom. The Morgan fingerprint density at radius 3 is 2.56 bits per heavy atom. The van der Waals surface area contributed by atoms with Crippen LogP contribution in [0.1, 0.15) is 13.3 Å². The largest absolute Gasteiger partial charge is 0.409 e. The smallest absolute Gasteiger partial charge is 0.240 e. The molecule has 0 saturated carbocycles. The average molecular weight is 336 g/mol. The minimum absolute atomic E-state index is 0.0268. The number of halogens is 1. The van der Waals surface area contributed by atoms with Crippen molar-refractivity contribution in [3.05, 3.63) is 28.7 Å². The van der Waals surface area contributed by atoms with Crippen molar-refractivity contribution in [2.24, 2.45) is 10.9 Å². The molecule has 1 unspecified atom stereocenters. The van der Waals surface area contributed by atoms with E-state index in [0.29, 0.717) is 0 Å². The lowest BCUT2D eigenvalue weighted by Gasteiger charge is -2.13. The first-order valence-electron chi connectivity index (χ1n) is 5.09. The Bertz CT molecular complexity index is 528. The second kappa shape index (κ2) is 6.17.